The zero-order valence-corrected chi connectivity index (χ0v) is 13.6. The Kier molecular flexibility index (Phi) is 5.20. The van der Waals surface area contributed by atoms with Crippen LogP contribution in [0.1, 0.15) is 24.7 Å². The molecule has 0 aliphatic carbocycles. The maximum atomic E-state index is 5.75. The van der Waals surface area contributed by atoms with Crippen LogP contribution in [0.15, 0.2) is 45.5 Å². The lowest BCUT2D eigenvalue weighted by molar-refractivity contribution is 0.495. The molecule has 0 saturated carbocycles. The number of nitrogens with one attached hydrogen (secondary N) is 1. The molecule has 1 unspecified atom stereocenters. The summed E-state index contributed by atoms with van der Waals surface area (Å²) < 4.78 is 6.34. The smallest absolute Gasteiger partial charge is 0.106 e. The molecule has 20 heavy (non-hydrogen) atoms. The SMILES string of the molecule is CC(CCc1ccco1)Nc1cc(Br)ccc1C(N)=S. The van der Waals surface area contributed by atoms with Crippen molar-refractivity contribution < 1.29 is 4.42 Å². The lowest BCUT2D eigenvalue weighted by Crippen LogP contribution is -2.20. The van der Waals surface area contributed by atoms with Crippen LogP contribution in [0.25, 0.3) is 0 Å². The van der Waals surface area contributed by atoms with Crippen LogP contribution in [0, 0.1) is 0 Å². The van der Waals surface area contributed by atoms with Gasteiger partial charge in [-0.25, -0.2) is 0 Å². The Labute approximate surface area is 132 Å². The molecule has 106 valence electrons. The minimum atomic E-state index is 0.294. The van der Waals surface area contributed by atoms with E-state index in [1.54, 1.807) is 6.26 Å². The Morgan fingerprint density at radius 2 is 2.25 bits per heavy atom. The first-order chi connectivity index (χ1) is 9.56. The van der Waals surface area contributed by atoms with Gasteiger partial charge >= 0.3 is 0 Å². The van der Waals surface area contributed by atoms with Gasteiger partial charge in [0.1, 0.15) is 10.7 Å². The summed E-state index contributed by atoms with van der Waals surface area (Å²) in [6.45, 7) is 2.13. The van der Waals surface area contributed by atoms with Crippen LogP contribution in [0.5, 0.6) is 0 Å². The van der Waals surface area contributed by atoms with E-state index in [1.807, 2.05) is 30.3 Å². The number of furan rings is 1. The number of hydrogen-bond donors (Lipinski definition) is 2. The standard InChI is InChI=1S/C15H17BrN2OS/c1-10(4-6-12-3-2-8-19-12)18-14-9-11(16)5-7-13(14)15(17)20/h2-3,5,7-10,18H,4,6H2,1H3,(H2,17,20). The first-order valence-electron chi connectivity index (χ1n) is 6.44. The highest BCUT2D eigenvalue weighted by Gasteiger charge is 2.10. The van der Waals surface area contributed by atoms with Crippen molar-refractivity contribution in [3.05, 3.63) is 52.4 Å². The van der Waals surface area contributed by atoms with Crippen LogP contribution in [-0.4, -0.2) is 11.0 Å². The summed E-state index contributed by atoms with van der Waals surface area (Å²) >= 11 is 8.55. The summed E-state index contributed by atoms with van der Waals surface area (Å²) in [5.74, 6) is 1.00. The number of hydrogen-bond acceptors (Lipinski definition) is 3. The number of halogens is 1. The van der Waals surface area contributed by atoms with Crippen molar-refractivity contribution in [3.63, 3.8) is 0 Å². The maximum Gasteiger partial charge on any atom is 0.106 e. The normalized spacial score (nSPS) is 12.1. The molecular formula is C15H17BrN2OS. The van der Waals surface area contributed by atoms with Crippen molar-refractivity contribution in [2.45, 2.75) is 25.8 Å². The maximum absolute atomic E-state index is 5.75. The third-order valence-corrected chi connectivity index (χ3v) is 3.77. The van der Waals surface area contributed by atoms with Crippen LogP contribution < -0.4 is 11.1 Å². The molecule has 0 radical (unpaired) electrons. The molecule has 2 aromatic rings. The highest BCUT2D eigenvalue weighted by atomic mass is 79.9. The summed E-state index contributed by atoms with van der Waals surface area (Å²) in [7, 11) is 0. The molecule has 0 bridgehead atoms. The fourth-order valence-electron chi connectivity index (χ4n) is 2.00. The van der Waals surface area contributed by atoms with Gasteiger partial charge < -0.3 is 15.5 Å². The van der Waals surface area contributed by atoms with E-state index in [2.05, 4.69) is 28.2 Å². The fraction of sp³-hybridized carbons (Fsp3) is 0.267. The molecule has 1 aromatic carbocycles. The van der Waals surface area contributed by atoms with Crippen LogP contribution in [0.2, 0.25) is 0 Å². The molecule has 1 atom stereocenters. The van der Waals surface area contributed by atoms with Crippen LogP contribution in [0.3, 0.4) is 0 Å². The predicted molar refractivity (Wildman–Crippen MR) is 90.1 cm³/mol. The van der Waals surface area contributed by atoms with Gasteiger partial charge in [0.15, 0.2) is 0 Å². The van der Waals surface area contributed by atoms with Crippen LogP contribution >= 0.6 is 28.1 Å². The molecule has 3 N–H and O–H groups in total. The quantitative estimate of drug-likeness (QED) is 0.768. The number of anilines is 1. The van der Waals surface area contributed by atoms with E-state index in [0.717, 1.165) is 34.3 Å². The summed E-state index contributed by atoms with van der Waals surface area (Å²) in [5.41, 5.74) is 7.58. The number of thiocarbonyl (C=S) groups is 1. The zero-order valence-electron chi connectivity index (χ0n) is 11.2. The van der Waals surface area contributed by atoms with Crippen molar-refractivity contribution >= 4 is 38.8 Å². The molecule has 1 aromatic heterocycles. The molecule has 1 heterocycles. The number of nitrogens with two attached hydrogens (primary N) is 1. The van der Waals surface area contributed by atoms with E-state index >= 15 is 0 Å². The second-order valence-corrected chi connectivity index (χ2v) is 6.07. The Hall–Kier alpha value is -1.33. The minimum absolute atomic E-state index is 0.294. The number of rotatable bonds is 6. The first-order valence-corrected chi connectivity index (χ1v) is 7.64. The molecule has 0 amide bonds. The monoisotopic (exact) mass is 352 g/mol. The van der Waals surface area contributed by atoms with Gasteiger partial charge in [-0.05, 0) is 43.7 Å². The van der Waals surface area contributed by atoms with Gasteiger partial charge in [0.2, 0.25) is 0 Å². The van der Waals surface area contributed by atoms with Crippen LogP contribution in [-0.2, 0) is 6.42 Å². The lowest BCUT2D eigenvalue weighted by Gasteiger charge is -2.17. The molecule has 0 aliphatic rings. The van der Waals surface area contributed by atoms with Crippen molar-refractivity contribution in [2.24, 2.45) is 5.73 Å². The van der Waals surface area contributed by atoms with Gasteiger partial charge in [0, 0.05) is 28.2 Å². The first kappa shape index (κ1) is 15.1. The molecule has 0 saturated heterocycles. The van der Waals surface area contributed by atoms with Crippen LogP contribution in [0.4, 0.5) is 5.69 Å². The second kappa shape index (κ2) is 6.90. The van der Waals surface area contributed by atoms with Gasteiger partial charge in [-0.3, -0.25) is 0 Å². The predicted octanol–water partition coefficient (Wildman–Crippen LogP) is 4.11. The number of aryl methyl sites for hydroxylation is 1. The van der Waals surface area contributed by atoms with Crippen molar-refractivity contribution in [3.8, 4) is 0 Å². The van der Waals surface area contributed by atoms with E-state index < -0.39 is 0 Å². The highest BCUT2D eigenvalue weighted by molar-refractivity contribution is 9.10. The number of benzene rings is 1. The average Bonchev–Trinajstić information content (AvgIpc) is 2.89. The summed E-state index contributed by atoms with van der Waals surface area (Å²) in [4.78, 5) is 0.401. The summed E-state index contributed by atoms with van der Waals surface area (Å²) in [5, 5.41) is 3.46. The summed E-state index contributed by atoms with van der Waals surface area (Å²) in [6.07, 6.45) is 3.57. The molecule has 5 heteroatoms. The van der Waals surface area contributed by atoms with E-state index in [9.17, 15) is 0 Å². The molecule has 2 rings (SSSR count). The van der Waals surface area contributed by atoms with Gasteiger partial charge in [-0.1, -0.05) is 28.1 Å². The molecule has 3 nitrogen and oxygen atoms in total. The minimum Gasteiger partial charge on any atom is -0.469 e. The average molecular weight is 353 g/mol. The summed E-state index contributed by atoms with van der Waals surface area (Å²) in [6, 6.07) is 10.1. The van der Waals surface area contributed by atoms with Crippen molar-refractivity contribution in [1.82, 2.24) is 0 Å². The Morgan fingerprint density at radius 3 is 2.90 bits per heavy atom. The van der Waals surface area contributed by atoms with Crippen molar-refractivity contribution in [2.75, 3.05) is 5.32 Å². The van der Waals surface area contributed by atoms with E-state index in [4.69, 9.17) is 22.4 Å². The van der Waals surface area contributed by atoms with Gasteiger partial charge in [-0.2, -0.15) is 0 Å². The highest BCUT2D eigenvalue weighted by Crippen LogP contribution is 2.23. The lowest BCUT2D eigenvalue weighted by atomic mass is 10.1. The second-order valence-electron chi connectivity index (χ2n) is 4.72. The van der Waals surface area contributed by atoms with Gasteiger partial charge in [0.05, 0.1) is 6.26 Å². The third-order valence-electron chi connectivity index (χ3n) is 3.05. The Balaban J connectivity index is 2.01. The van der Waals surface area contributed by atoms with Gasteiger partial charge in [-0.15, -0.1) is 0 Å². The molecule has 0 fully saturated rings. The Morgan fingerprint density at radius 1 is 1.45 bits per heavy atom. The molecular weight excluding hydrogens is 336 g/mol. The zero-order chi connectivity index (χ0) is 14.5. The molecule has 0 aliphatic heterocycles. The van der Waals surface area contributed by atoms with E-state index in [-0.39, 0.29) is 0 Å². The largest absolute Gasteiger partial charge is 0.469 e. The van der Waals surface area contributed by atoms with Crippen molar-refractivity contribution in [1.29, 1.82) is 0 Å². The third kappa shape index (κ3) is 4.08. The Bertz CT molecular complexity index is 584. The van der Waals surface area contributed by atoms with E-state index in [0.29, 0.717) is 11.0 Å². The van der Waals surface area contributed by atoms with Gasteiger partial charge in [0.25, 0.3) is 0 Å². The van der Waals surface area contributed by atoms with E-state index in [1.165, 1.54) is 0 Å². The molecule has 0 spiro atoms. The fourth-order valence-corrected chi connectivity index (χ4v) is 2.54. The topological polar surface area (TPSA) is 51.2 Å².